The van der Waals surface area contributed by atoms with E-state index in [2.05, 4.69) is 28.9 Å². The van der Waals surface area contributed by atoms with Gasteiger partial charge in [-0.1, -0.05) is 54.6 Å². The third kappa shape index (κ3) is 5.98. The number of thiophene rings is 1. The number of hydrogen-bond donors (Lipinski definition) is 1. The molecule has 0 unspecified atom stereocenters. The van der Waals surface area contributed by atoms with Gasteiger partial charge >= 0.3 is 6.03 Å². The third-order valence-electron chi connectivity index (χ3n) is 5.91. The first-order valence-corrected chi connectivity index (χ1v) is 12.0. The van der Waals surface area contributed by atoms with Crippen molar-refractivity contribution in [2.24, 2.45) is 5.92 Å². The lowest BCUT2D eigenvalue weighted by atomic mass is 9.95. The molecule has 1 aliphatic heterocycles. The maximum atomic E-state index is 13.4. The zero-order valence-electron chi connectivity index (χ0n) is 18.2. The minimum absolute atomic E-state index is 0.0356. The Morgan fingerprint density at radius 2 is 1.62 bits per heavy atom. The molecule has 2 aromatic carbocycles. The normalized spacial score (nSPS) is 14.2. The van der Waals surface area contributed by atoms with E-state index in [0.29, 0.717) is 39.0 Å². The maximum Gasteiger partial charge on any atom is 0.321 e. The highest BCUT2D eigenvalue weighted by Gasteiger charge is 2.30. The van der Waals surface area contributed by atoms with Gasteiger partial charge in [0.25, 0.3) is 0 Å². The van der Waals surface area contributed by atoms with Crippen molar-refractivity contribution in [2.45, 2.75) is 25.8 Å². The maximum absolute atomic E-state index is 13.4. The summed E-state index contributed by atoms with van der Waals surface area (Å²) in [7, 11) is 0. The number of nitrogens with one attached hydrogen (secondary N) is 1. The first-order valence-electron chi connectivity index (χ1n) is 11.1. The zero-order chi connectivity index (χ0) is 22.2. The van der Waals surface area contributed by atoms with E-state index < -0.39 is 0 Å². The van der Waals surface area contributed by atoms with Crippen LogP contribution in [0, 0.1) is 5.92 Å². The van der Waals surface area contributed by atoms with Crippen LogP contribution in [0.15, 0.2) is 78.2 Å². The molecule has 1 aromatic heterocycles. The Morgan fingerprint density at radius 3 is 2.28 bits per heavy atom. The lowest BCUT2D eigenvalue weighted by Crippen LogP contribution is -2.45. The number of urea groups is 1. The molecule has 1 fully saturated rings. The second kappa shape index (κ2) is 11.0. The van der Waals surface area contributed by atoms with E-state index in [1.807, 2.05) is 64.4 Å². The molecule has 3 amide bonds. The number of nitrogens with zero attached hydrogens (tertiary/aromatic N) is 2. The number of carbonyl (C=O) groups excluding carboxylic acids is 2. The molecular formula is C26H29N3O2S. The van der Waals surface area contributed by atoms with Gasteiger partial charge in [0.1, 0.15) is 0 Å². The zero-order valence-corrected chi connectivity index (χ0v) is 19.0. The van der Waals surface area contributed by atoms with Crippen molar-refractivity contribution in [1.82, 2.24) is 9.80 Å². The number of carbonyl (C=O) groups is 2. The smallest absolute Gasteiger partial charge is 0.321 e. The van der Waals surface area contributed by atoms with Gasteiger partial charge in [-0.15, -0.1) is 11.3 Å². The highest BCUT2D eigenvalue weighted by molar-refractivity contribution is 7.09. The molecule has 0 radical (unpaired) electrons. The number of likely N-dealkylation sites (tertiary alicyclic amines) is 1. The summed E-state index contributed by atoms with van der Waals surface area (Å²) in [4.78, 5) is 31.0. The Bertz CT molecular complexity index is 984. The van der Waals surface area contributed by atoms with Crippen LogP contribution in [0.4, 0.5) is 10.5 Å². The molecule has 4 rings (SSSR count). The van der Waals surface area contributed by atoms with Crippen LogP contribution in [0.3, 0.4) is 0 Å². The molecule has 1 N–H and O–H groups in total. The van der Waals surface area contributed by atoms with Crippen molar-refractivity contribution in [3.8, 4) is 0 Å². The molecule has 1 aliphatic rings. The van der Waals surface area contributed by atoms with Gasteiger partial charge in [-0.3, -0.25) is 4.79 Å². The van der Waals surface area contributed by atoms with Crippen LogP contribution in [0.2, 0.25) is 0 Å². The lowest BCUT2D eigenvalue weighted by Gasteiger charge is -2.34. The van der Waals surface area contributed by atoms with E-state index in [1.165, 1.54) is 10.4 Å². The second-order valence-electron chi connectivity index (χ2n) is 8.13. The molecule has 1 saturated heterocycles. The van der Waals surface area contributed by atoms with Crippen molar-refractivity contribution in [1.29, 1.82) is 0 Å². The second-order valence-corrected chi connectivity index (χ2v) is 9.16. The van der Waals surface area contributed by atoms with E-state index >= 15 is 0 Å². The SMILES string of the molecule is O=C(Nc1ccccc1)N1CCC(C(=O)N(CCc2ccccc2)Cc2cccs2)CC1. The van der Waals surface area contributed by atoms with Gasteiger partial charge in [0.05, 0.1) is 6.54 Å². The Labute approximate surface area is 193 Å². The molecule has 5 nitrogen and oxygen atoms in total. The summed E-state index contributed by atoms with van der Waals surface area (Å²) in [6.45, 7) is 2.55. The first kappa shape index (κ1) is 22.1. The fraction of sp³-hybridized carbons (Fsp3) is 0.308. The van der Waals surface area contributed by atoms with Gasteiger partial charge < -0.3 is 15.1 Å². The average Bonchev–Trinajstić information content (AvgIpc) is 3.36. The highest BCUT2D eigenvalue weighted by atomic mass is 32.1. The molecular weight excluding hydrogens is 418 g/mol. The van der Waals surface area contributed by atoms with E-state index in [0.717, 1.165) is 12.1 Å². The van der Waals surface area contributed by atoms with Crippen LogP contribution in [0.25, 0.3) is 0 Å². The first-order chi connectivity index (χ1) is 15.7. The number of piperidine rings is 1. The third-order valence-corrected chi connectivity index (χ3v) is 6.77. The predicted octanol–water partition coefficient (Wildman–Crippen LogP) is 5.26. The summed E-state index contributed by atoms with van der Waals surface area (Å²) in [5.74, 6) is 0.170. The molecule has 32 heavy (non-hydrogen) atoms. The summed E-state index contributed by atoms with van der Waals surface area (Å²) in [6.07, 6.45) is 2.25. The molecule has 3 aromatic rings. The Kier molecular flexibility index (Phi) is 7.56. The van der Waals surface area contributed by atoms with Crippen LogP contribution < -0.4 is 5.32 Å². The molecule has 0 spiro atoms. The number of hydrogen-bond acceptors (Lipinski definition) is 3. The largest absolute Gasteiger partial charge is 0.337 e. The van der Waals surface area contributed by atoms with Gasteiger partial charge in [0.15, 0.2) is 0 Å². The molecule has 6 heteroatoms. The van der Waals surface area contributed by atoms with E-state index in [4.69, 9.17) is 0 Å². The highest BCUT2D eigenvalue weighted by Crippen LogP contribution is 2.23. The monoisotopic (exact) mass is 447 g/mol. The average molecular weight is 448 g/mol. The van der Waals surface area contributed by atoms with E-state index in [-0.39, 0.29) is 17.9 Å². The standard InChI is InChI=1S/C26H29N3O2S/c30-25(22-14-17-28(18-15-22)26(31)27-23-10-5-2-6-11-23)29(20-24-12-7-19-32-24)16-13-21-8-3-1-4-9-21/h1-12,19,22H,13-18,20H2,(H,27,31). The molecule has 0 saturated carbocycles. The van der Waals surface area contributed by atoms with Crippen LogP contribution in [-0.2, 0) is 17.8 Å². The number of benzene rings is 2. The minimum atomic E-state index is -0.0957. The summed E-state index contributed by atoms with van der Waals surface area (Å²) >= 11 is 1.69. The predicted molar refractivity (Wildman–Crippen MR) is 130 cm³/mol. The van der Waals surface area contributed by atoms with Crippen molar-refractivity contribution in [2.75, 3.05) is 25.0 Å². The summed E-state index contributed by atoms with van der Waals surface area (Å²) < 4.78 is 0. The van der Waals surface area contributed by atoms with Gasteiger partial charge in [-0.25, -0.2) is 4.79 Å². The number of amides is 3. The Morgan fingerprint density at radius 1 is 0.938 bits per heavy atom. The fourth-order valence-electron chi connectivity index (χ4n) is 4.08. The van der Waals surface area contributed by atoms with Crippen molar-refractivity contribution < 1.29 is 9.59 Å². The lowest BCUT2D eigenvalue weighted by molar-refractivity contribution is -0.137. The Hall–Kier alpha value is -3.12. The number of para-hydroxylation sites is 1. The van der Waals surface area contributed by atoms with Gasteiger partial charge in [0.2, 0.25) is 5.91 Å². The van der Waals surface area contributed by atoms with Crippen LogP contribution in [0.1, 0.15) is 23.3 Å². The molecule has 2 heterocycles. The topological polar surface area (TPSA) is 52.7 Å². The minimum Gasteiger partial charge on any atom is -0.337 e. The van der Waals surface area contributed by atoms with Gasteiger partial charge in [-0.2, -0.15) is 0 Å². The number of anilines is 1. The fourth-order valence-corrected chi connectivity index (χ4v) is 4.80. The Balaban J connectivity index is 1.34. The van der Waals surface area contributed by atoms with Gasteiger partial charge in [0, 0.05) is 36.1 Å². The van der Waals surface area contributed by atoms with Crippen molar-refractivity contribution in [3.63, 3.8) is 0 Å². The number of rotatable bonds is 7. The molecule has 0 atom stereocenters. The van der Waals surface area contributed by atoms with E-state index in [1.54, 1.807) is 11.3 Å². The van der Waals surface area contributed by atoms with Gasteiger partial charge in [-0.05, 0) is 48.4 Å². The van der Waals surface area contributed by atoms with Crippen LogP contribution in [-0.4, -0.2) is 41.4 Å². The summed E-state index contributed by atoms with van der Waals surface area (Å²) in [6, 6.07) is 23.8. The quantitative estimate of drug-likeness (QED) is 0.537. The van der Waals surface area contributed by atoms with Crippen molar-refractivity contribution >= 4 is 29.0 Å². The summed E-state index contributed by atoms with van der Waals surface area (Å²) in [5, 5.41) is 4.99. The van der Waals surface area contributed by atoms with Crippen molar-refractivity contribution in [3.05, 3.63) is 88.6 Å². The molecule has 0 bridgehead atoms. The van der Waals surface area contributed by atoms with Crippen LogP contribution >= 0.6 is 11.3 Å². The summed E-state index contributed by atoms with van der Waals surface area (Å²) in [5.41, 5.74) is 2.03. The molecule has 0 aliphatic carbocycles. The van der Waals surface area contributed by atoms with E-state index in [9.17, 15) is 9.59 Å². The molecule has 166 valence electrons. The van der Waals surface area contributed by atoms with Crippen LogP contribution in [0.5, 0.6) is 0 Å².